The van der Waals surface area contributed by atoms with Crippen molar-refractivity contribution in [3.8, 4) is 11.5 Å². The van der Waals surface area contributed by atoms with Gasteiger partial charge >= 0.3 is 5.69 Å². The van der Waals surface area contributed by atoms with Crippen molar-refractivity contribution in [1.82, 2.24) is 5.43 Å². The van der Waals surface area contributed by atoms with Crippen molar-refractivity contribution in [3.05, 3.63) is 59.4 Å². The highest BCUT2D eigenvalue weighted by atomic mass is 79.9. The Morgan fingerprint density at radius 1 is 1.27 bits per heavy atom. The number of phenolic OH excluding ortho intramolecular Hbond substituents is 1. The summed E-state index contributed by atoms with van der Waals surface area (Å²) in [6, 6.07) is 7.25. The summed E-state index contributed by atoms with van der Waals surface area (Å²) in [5.41, 5.74) is 2.23. The Kier molecular flexibility index (Phi) is 7.12. The van der Waals surface area contributed by atoms with Gasteiger partial charge in [-0.15, -0.1) is 0 Å². The van der Waals surface area contributed by atoms with Crippen molar-refractivity contribution in [1.29, 1.82) is 0 Å². The minimum absolute atomic E-state index is 0.276. The highest BCUT2D eigenvalue weighted by molar-refractivity contribution is 9.11. The number of nitrogens with zero attached hydrogens (tertiary/aromatic N) is 2. The van der Waals surface area contributed by atoms with Gasteiger partial charge in [0.1, 0.15) is 5.75 Å². The number of halogens is 3. The molecule has 0 radical (unpaired) electrons. The van der Waals surface area contributed by atoms with Crippen LogP contribution in [-0.4, -0.2) is 28.8 Å². The normalized spacial score (nSPS) is 10.7. The van der Waals surface area contributed by atoms with E-state index >= 15 is 0 Å². The van der Waals surface area contributed by atoms with E-state index in [0.717, 1.165) is 10.5 Å². The van der Waals surface area contributed by atoms with Crippen molar-refractivity contribution in [3.63, 3.8) is 0 Å². The summed E-state index contributed by atoms with van der Waals surface area (Å²) in [5.74, 6) is -0.528. The van der Waals surface area contributed by atoms with Crippen LogP contribution in [0.15, 0.2) is 48.9 Å². The van der Waals surface area contributed by atoms with Gasteiger partial charge in [-0.2, -0.15) is 5.10 Å². The number of carbonyl (C=O) groups excluding carboxylic acids is 1. The fraction of sp³-hybridized carbons (Fsp3) is 0.0667. The number of hydrogen-bond donors (Lipinski definition) is 2. The minimum atomic E-state index is -0.701. The van der Waals surface area contributed by atoms with Gasteiger partial charge in [0.05, 0.1) is 20.1 Å². The third-order valence-electron chi connectivity index (χ3n) is 2.91. The number of aromatic hydroxyl groups is 1. The Balaban J connectivity index is 1.92. The molecule has 0 aromatic heterocycles. The third-order valence-corrected chi connectivity index (χ3v) is 4.55. The van der Waals surface area contributed by atoms with Gasteiger partial charge in [0.25, 0.3) is 5.91 Å². The van der Waals surface area contributed by atoms with E-state index in [-0.39, 0.29) is 6.61 Å². The maximum Gasteiger partial charge on any atom is 0.310 e. The molecule has 11 heteroatoms. The first kappa shape index (κ1) is 20.3. The average molecular weight is 552 g/mol. The van der Waals surface area contributed by atoms with Crippen LogP contribution in [0.1, 0.15) is 5.56 Å². The Morgan fingerprint density at radius 3 is 2.50 bits per heavy atom. The Morgan fingerprint density at radius 2 is 1.92 bits per heavy atom. The molecule has 0 aliphatic carbocycles. The van der Waals surface area contributed by atoms with Crippen LogP contribution in [0.3, 0.4) is 0 Å². The monoisotopic (exact) mass is 549 g/mol. The lowest BCUT2D eigenvalue weighted by molar-refractivity contribution is -0.385. The zero-order chi connectivity index (χ0) is 19.3. The molecule has 0 aliphatic rings. The van der Waals surface area contributed by atoms with Gasteiger partial charge in [0, 0.05) is 10.5 Å². The molecule has 0 unspecified atom stereocenters. The van der Waals surface area contributed by atoms with Crippen molar-refractivity contribution in [2.45, 2.75) is 0 Å². The first-order chi connectivity index (χ1) is 12.3. The molecule has 2 aromatic carbocycles. The summed E-state index contributed by atoms with van der Waals surface area (Å²) in [7, 11) is 0. The van der Waals surface area contributed by atoms with E-state index in [1.54, 1.807) is 12.1 Å². The number of nitro groups is 1. The molecule has 0 heterocycles. The predicted molar refractivity (Wildman–Crippen MR) is 106 cm³/mol. The molecule has 0 spiro atoms. The van der Waals surface area contributed by atoms with Crippen LogP contribution in [0.5, 0.6) is 11.5 Å². The van der Waals surface area contributed by atoms with Crippen LogP contribution in [0.2, 0.25) is 0 Å². The number of hydrazone groups is 1. The summed E-state index contributed by atoms with van der Waals surface area (Å²) in [6.45, 7) is -0.276. The van der Waals surface area contributed by atoms with E-state index in [2.05, 4.69) is 58.3 Å². The maximum atomic E-state index is 11.8. The summed E-state index contributed by atoms with van der Waals surface area (Å²) < 4.78 is 7.60. The highest BCUT2D eigenvalue weighted by Crippen LogP contribution is 2.36. The molecule has 0 saturated heterocycles. The van der Waals surface area contributed by atoms with Gasteiger partial charge in [-0.05, 0) is 61.7 Å². The maximum absolute atomic E-state index is 11.8. The van der Waals surface area contributed by atoms with Crippen LogP contribution >= 0.6 is 47.8 Å². The minimum Gasteiger partial charge on any atom is -0.502 e. The second-order valence-electron chi connectivity index (χ2n) is 4.79. The molecule has 26 heavy (non-hydrogen) atoms. The van der Waals surface area contributed by atoms with Crippen molar-refractivity contribution in [2.24, 2.45) is 5.10 Å². The zero-order valence-electron chi connectivity index (χ0n) is 12.8. The number of nitro benzene ring substituents is 1. The number of phenols is 1. The van der Waals surface area contributed by atoms with Gasteiger partial charge in [-0.1, -0.05) is 15.9 Å². The highest BCUT2D eigenvalue weighted by Gasteiger charge is 2.12. The van der Waals surface area contributed by atoms with E-state index in [1.165, 1.54) is 18.3 Å². The summed E-state index contributed by atoms with van der Waals surface area (Å²) >= 11 is 10.0. The zero-order valence-corrected chi connectivity index (χ0v) is 17.5. The standard InChI is InChI=1S/C15H10Br3N3O5/c16-9-4-10(17)15(11(18)5-9)26-7-14(23)20-19-6-8-1-2-12(21(24)25)13(22)3-8/h1-6,22H,7H2,(H,20,23)/b19-6-. The Bertz CT molecular complexity index is 866. The number of amides is 1. The van der Waals surface area contributed by atoms with Crippen LogP contribution in [0.25, 0.3) is 0 Å². The molecule has 0 aliphatic heterocycles. The van der Waals surface area contributed by atoms with Crippen LogP contribution in [-0.2, 0) is 4.79 Å². The van der Waals surface area contributed by atoms with Crippen molar-refractivity contribution < 1.29 is 19.6 Å². The van der Waals surface area contributed by atoms with Gasteiger partial charge in [0.15, 0.2) is 12.4 Å². The fourth-order valence-corrected chi connectivity index (χ4v) is 4.28. The average Bonchev–Trinajstić information content (AvgIpc) is 2.53. The topological polar surface area (TPSA) is 114 Å². The van der Waals surface area contributed by atoms with E-state index in [4.69, 9.17) is 4.74 Å². The van der Waals surface area contributed by atoms with Crippen molar-refractivity contribution in [2.75, 3.05) is 6.61 Å². The molecule has 2 aromatic rings. The molecule has 1 amide bonds. The van der Waals surface area contributed by atoms with Gasteiger partial charge in [-0.3, -0.25) is 14.9 Å². The first-order valence-electron chi connectivity index (χ1n) is 6.84. The Hall–Kier alpha value is -1.98. The third kappa shape index (κ3) is 5.51. The molecule has 2 N–H and O–H groups in total. The number of ether oxygens (including phenoxy) is 1. The van der Waals surface area contributed by atoms with Crippen LogP contribution in [0, 0.1) is 10.1 Å². The SMILES string of the molecule is O=C(COc1c(Br)cc(Br)cc1Br)N/N=C\c1ccc([N+](=O)[O-])c(O)c1. The number of rotatable bonds is 6. The van der Waals surface area contributed by atoms with E-state index < -0.39 is 22.3 Å². The molecule has 0 fully saturated rings. The fourth-order valence-electron chi connectivity index (χ4n) is 1.79. The molecular formula is C15H10Br3N3O5. The molecule has 0 bridgehead atoms. The van der Waals surface area contributed by atoms with Crippen LogP contribution < -0.4 is 10.2 Å². The lowest BCUT2D eigenvalue weighted by atomic mass is 10.2. The lowest BCUT2D eigenvalue weighted by Gasteiger charge is -2.09. The second kappa shape index (κ2) is 9.10. The smallest absolute Gasteiger partial charge is 0.310 e. The van der Waals surface area contributed by atoms with Crippen molar-refractivity contribution >= 4 is 65.6 Å². The van der Waals surface area contributed by atoms with Gasteiger partial charge < -0.3 is 9.84 Å². The predicted octanol–water partition coefficient (Wildman–Crippen LogP) is 4.12. The van der Waals surface area contributed by atoms with Gasteiger partial charge in [0.2, 0.25) is 0 Å². The molecule has 0 atom stereocenters. The molecule has 0 saturated carbocycles. The summed E-state index contributed by atoms with van der Waals surface area (Å²) in [5, 5.41) is 23.9. The van der Waals surface area contributed by atoms with E-state index in [1.807, 2.05) is 0 Å². The molecular weight excluding hydrogens is 542 g/mol. The van der Waals surface area contributed by atoms with E-state index in [0.29, 0.717) is 20.3 Å². The first-order valence-corrected chi connectivity index (χ1v) is 9.22. The number of carbonyl (C=O) groups is 1. The quantitative estimate of drug-likeness (QED) is 0.318. The lowest BCUT2D eigenvalue weighted by Crippen LogP contribution is -2.24. The number of benzene rings is 2. The van der Waals surface area contributed by atoms with Gasteiger partial charge in [-0.25, -0.2) is 5.43 Å². The second-order valence-corrected chi connectivity index (χ2v) is 7.41. The molecule has 2 rings (SSSR count). The largest absolute Gasteiger partial charge is 0.502 e. The van der Waals surface area contributed by atoms with E-state index in [9.17, 15) is 20.0 Å². The van der Waals surface area contributed by atoms with Crippen LogP contribution in [0.4, 0.5) is 5.69 Å². The summed E-state index contributed by atoms with van der Waals surface area (Å²) in [4.78, 5) is 21.7. The summed E-state index contributed by atoms with van der Waals surface area (Å²) in [6.07, 6.45) is 1.24. The number of nitrogens with one attached hydrogen (secondary N) is 1. The number of hydrogen-bond acceptors (Lipinski definition) is 6. The molecule has 8 nitrogen and oxygen atoms in total. The Labute approximate surface area is 172 Å². The molecule has 136 valence electrons.